The minimum atomic E-state index is -4.57. The molecule has 2 aromatic rings. The average Bonchev–Trinajstić information content (AvgIpc) is 3.48. The molecular formula is C26H25F3N4O6S2. The number of aliphatic hydroxyl groups excluding tert-OH is 1. The molecule has 15 heteroatoms. The Morgan fingerprint density at radius 2 is 1.88 bits per heavy atom. The fraction of sp³-hybridized carbons (Fsp3) is 0.385. The monoisotopic (exact) mass is 610 g/mol. The van der Waals surface area contributed by atoms with Gasteiger partial charge in [-0.25, -0.2) is 8.42 Å². The SMILES string of the molecule is CS(=O)(=O)Nc1ccc2c(c1)S(=O)(=O)N=C(C1=C(O)[C@@H]3[C@H]4CC[C@H](C4)[C@@H]3N(Cc3cccc(C(F)(F)F)c3)C1=O)N2. The second kappa shape index (κ2) is 9.21. The lowest BCUT2D eigenvalue weighted by molar-refractivity contribution is -0.137. The number of amides is 1. The quantitative estimate of drug-likeness (QED) is 0.466. The molecule has 2 aliphatic carbocycles. The summed E-state index contributed by atoms with van der Waals surface area (Å²) in [6.07, 6.45) is -1.32. The molecule has 0 radical (unpaired) electrons. The van der Waals surface area contributed by atoms with Crippen LogP contribution in [-0.4, -0.2) is 50.9 Å². The van der Waals surface area contributed by atoms with Crippen molar-refractivity contribution in [2.24, 2.45) is 22.2 Å². The van der Waals surface area contributed by atoms with Gasteiger partial charge in [0.2, 0.25) is 10.0 Å². The molecule has 2 aromatic carbocycles. The van der Waals surface area contributed by atoms with E-state index < -0.39 is 55.5 Å². The highest BCUT2D eigenvalue weighted by Crippen LogP contribution is 2.55. The van der Waals surface area contributed by atoms with Crippen molar-refractivity contribution in [1.82, 2.24) is 4.90 Å². The van der Waals surface area contributed by atoms with E-state index in [0.717, 1.165) is 43.7 Å². The van der Waals surface area contributed by atoms with Crippen LogP contribution in [0.3, 0.4) is 0 Å². The Balaban J connectivity index is 1.40. The summed E-state index contributed by atoms with van der Waals surface area (Å²) in [7, 11) is -8.14. The molecule has 0 aromatic heterocycles. The highest BCUT2D eigenvalue weighted by molar-refractivity contribution is 7.92. The third-order valence-electron chi connectivity index (χ3n) is 8.15. The largest absolute Gasteiger partial charge is 0.511 e. The van der Waals surface area contributed by atoms with Gasteiger partial charge < -0.3 is 15.3 Å². The molecule has 0 spiro atoms. The van der Waals surface area contributed by atoms with Crippen molar-refractivity contribution in [3.8, 4) is 0 Å². The van der Waals surface area contributed by atoms with Gasteiger partial charge in [0.05, 0.1) is 17.5 Å². The van der Waals surface area contributed by atoms with Crippen LogP contribution in [0.25, 0.3) is 0 Å². The van der Waals surface area contributed by atoms with Crippen molar-refractivity contribution in [2.75, 3.05) is 16.3 Å². The Bertz CT molecular complexity index is 1750. The van der Waals surface area contributed by atoms with Gasteiger partial charge in [0, 0.05) is 24.2 Å². The van der Waals surface area contributed by atoms with E-state index in [1.807, 2.05) is 0 Å². The van der Waals surface area contributed by atoms with Gasteiger partial charge in [-0.3, -0.25) is 9.52 Å². The lowest BCUT2D eigenvalue weighted by Gasteiger charge is -2.44. The molecule has 1 amide bonds. The number of sulfonamides is 2. The second-order valence-electron chi connectivity index (χ2n) is 10.9. The summed E-state index contributed by atoms with van der Waals surface area (Å²) in [6.45, 7) is -0.166. The number of benzene rings is 2. The number of carbonyl (C=O) groups excluding carboxylic acids is 1. The Morgan fingerprint density at radius 3 is 2.59 bits per heavy atom. The molecule has 4 atom stereocenters. The number of anilines is 2. The first-order valence-electron chi connectivity index (χ1n) is 12.8. The van der Waals surface area contributed by atoms with Crippen molar-refractivity contribution in [2.45, 2.75) is 42.9 Å². The zero-order chi connectivity index (χ0) is 29.5. The van der Waals surface area contributed by atoms with E-state index in [1.165, 1.54) is 29.2 Å². The molecule has 41 heavy (non-hydrogen) atoms. The maximum Gasteiger partial charge on any atom is 0.416 e. The normalized spacial score (nSPS) is 26.8. The highest BCUT2D eigenvalue weighted by atomic mass is 32.2. The van der Waals surface area contributed by atoms with E-state index in [4.69, 9.17) is 0 Å². The molecule has 2 bridgehead atoms. The maximum absolute atomic E-state index is 14.0. The van der Waals surface area contributed by atoms with Crippen LogP contribution in [0.15, 0.2) is 63.1 Å². The summed E-state index contributed by atoms with van der Waals surface area (Å²) < 4.78 is 95.7. The van der Waals surface area contributed by atoms with Crippen LogP contribution in [0.4, 0.5) is 24.5 Å². The smallest absolute Gasteiger partial charge is 0.416 e. The van der Waals surface area contributed by atoms with E-state index in [-0.39, 0.29) is 51.5 Å². The molecule has 0 unspecified atom stereocenters. The first kappa shape index (κ1) is 27.6. The van der Waals surface area contributed by atoms with Gasteiger partial charge >= 0.3 is 6.18 Å². The van der Waals surface area contributed by atoms with Crippen molar-refractivity contribution < 1.29 is 39.9 Å². The third kappa shape index (κ3) is 4.84. The summed E-state index contributed by atoms with van der Waals surface area (Å²) >= 11 is 0. The summed E-state index contributed by atoms with van der Waals surface area (Å²) in [5.41, 5.74) is -0.950. The van der Waals surface area contributed by atoms with Crippen LogP contribution >= 0.6 is 0 Å². The lowest BCUT2D eigenvalue weighted by atomic mass is 9.77. The first-order chi connectivity index (χ1) is 19.1. The van der Waals surface area contributed by atoms with Crippen LogP contribution in [0, 0.1) is 17.8 Å². The lowest BCUT2D eigenvalue weighted by Crippen LogP contribution is -2.53. The molecular weight excluding hydrogens is 585 g/mol. The van der Waals surface area contributed by atoms with E-state index in [0.29, 0.717) is 0 Å². The Labute approximate surface area is 234 Å². The standard InChI is InChI=1S/C26H25F3N4O6S2/c1-40(36,37)31-17-7-8-18-19(11-17)41(38,39)32-24(30-18)21-23(34)20-14-5-6-15(10-14)22(20)33(25(21)35)12-13-3-2-4-16(9-13)26(27,28)29/h2-4,7-9,11,14-15,20,22,31,34H,5-6,10,12H2,1H3,(H,30,32)/t14-,15+,20+,22-/m0/s1. The van der Waals surface area contributed by atoms with Crippen LogP contribution in [0.2, 0.25) is 0 Å². The number of aliphatic hydroxyl groups is 1. The molecule has 2 aliphatic heterocycles. The van der Waals surface area contributed by atoms with Gasteiger partial charge in [-0.05, 0) is 67.0 Å². The summed E-state index contributed by atoms with van der Waals surface area (Å²) in [6, 6.07) is 7.95. The van der Waals surface area contributed by atoms with E-state index in [2.05, 4.69) is 14.4 Å². The number of rotatable bonds is 5. The number of nitrogens with one attached hydrogen (secondary N) is 2. The Hall–Kier alpha value is -3.59. The minimum Gasteiger partial charge on any atom is -0.511 e. The number of hydrogen-bond acceptors (Lipinski definition) is 7. The van der Waals surface area contributed by atoms with Crippen LogP contribution < -0.4 is 10.0 Å². The minimum absolute atomic E-state index is 0.0110. The first-order valence-corrected chi connectivity index (χ1v) is 16.1. The number of fused-ring (bicyclic) bond motifs is 6. The second-order valence-corrected chi connectivity index (χ2v) is 14.2. The third-order valence-corrected chi connectivity index (χ3v) is 10.1. The fourth-order valence-corrected chi connectivity index (χ4v) is 8.34. The van der Waals surface area contributed by atoms with Crippen LogP contribution in [-0.2, 0) is 37.6 Å². The van der Waals surface area contributed by atoms with Crippen molar-refractivity contribution >= 4 is 43.2 Å². The maximum atomic E-state index is 14.0. The zero-order valence-corrected chi connectivity index (χ0v) is 23.1. The topological polar surface area (TPSA) is 145 Å². The van der Waals surface area contributed by atoms with Gasteiger partial charge in [-0.15, -0.1) is 4.40 Å². The van der Waals surface area contributed by atoms with E-state index in [1.54, 1.807) is 0 Å². The number of hydrogen-bond donors (Lipinski definition) is 3. The summed E-state index contributed by atoms with van der Waals surface area (Å²) in [5, 5.41) is 14.2. The Morgan fingerprint density at radius 1 is 1.15 bits per heavy atom. The predicted molar refractivity (Wildman–Crippen MR) is 143 cm³/mol. The summed E-state index contributed by atoms with van der Waals surface area (Å²) in [5.74, 6) is -1.87. The van der Waals surface area contributed by atoms with Gasteiger partial charge in [0.25, 0.3) is 15.9 Å². The van der Waals surface area contributed by atoms with Crippen molar-refractivity contribution in [3.05, 3.63) is 64.9 Å². The molecule has 2 fully saturated rings. The van der Waals surface area contributed by atoms with Crippen LogP contribution in [0.1, 0.15) is 30.4 Å². The molecule has 4 aliphatic rings. The molecule has 3 N–H and O–H groups in total. The number of alkyl halides is 3. The van der Waals surface area contributed by atoms with Gasteiger partial charge in [0.1, 0.15) is 16.2 Å². The fourth-order valence-electron chi connectivity index (χ4n) is 6.64. The molecule has 6 rings (SSSR count). The number of halogens is 3. The highest BCUT2D eigenvalue weighted by Gasteiger charge is 2.57. The van der Waals surface area contributed by atoms with Gasteiger partial charge in [-0.2, -0.15) is 21.6 Å². The Kier molecular flexibility index (Phi) is 6.19. The van der Waals surface area contributed by atoms with Crippen LogP contribution in [0.5, 0.6) is 0 Å². The van der Waals surface area contributed by atoms with Gasteiger partial charge in [-0.1, -0.05) is 12.1 Å². The molecule has 2 saturated carbocycles. The van der Waals surface area contributed by atoms with E-state index >= 15 is 0 Å². The molecule has 0 saturated heterocycles. The number of amidine groups is 1. The zero-order valence-electron chi connectivity index (χ0n) is 21.5. The van der Waals surface area contributed by atoms with Crippen molar-refractivity contribution in [3.63, 3.8) is 0 Å². The number of nitrogens with zero attached hydrogens (tertiary/aromatic N) is 2. The molecule has 10 nitrogen and oxygen atoms in total. The van der Waals surface area contributed by atoms with E-state index in [9.17, 15) is 39.9 Å². The molecule has 218 valence electrons. The van der Waals surface area contributed by atoms with Crippen molar-refractivity contribution in [1.29, 1.82) is 0 Å². The predicted octanol–water partition coefficient (Wildman–Crippen LogP) is 3.86. The number of carbonyl (C=O) groups is 1. The average molecular weight is 611 g/mol. The van der Waals surface area contributed by atoms with Gasteiger partial charge in [0.15, 0.2) is 5.84 Å². The molecule has 2 heterocycles. The summed E-state index contributed by atoms with van der Waals surface area (Å²) in [4.78, 5) is 15.1.